The van der Waals surface area contributed by atoms with Gasteiger partial charge in [-0.2, -0.15) is 11.8 Å². The number of thioether (sulfide) groups is 1. The highest BCUT2D eigenvalue weighted by molar-refractivity contribution is 7.99. The van der Waals surface area contributed by atoms with E-state index in [9.17, 15) is 34.6 Å². The Morgan fingerprint density at radius 1 is 1.16 bits per heavy atom. The highest BCUT2D eigenvalue weighted by Crippen LogP contribution is 2.40. The molecule has 0 fully saturated rings. The average molecular weight is 539 g/mol. The standard InChI is InChI=1S/C18H22N4O6S.C4H4O4/c1-3-28-18(23)16-14(10-29-8-7-19)20-11(2)17(22(26)27)15(16)12-5-4-6-13(9-12)21(24)25;5-3(6)1-2-4(7)8/h4-6,9,15,20H,3,7-8,10,19H2,1-2H3;1-2H,(H,5,6)(H,7,8)/b;2-1+. The zero-order chi connectivity index (χ0) is 28.1. The number of hydrogen-bond acceptors (Lipinski definition) is 11. The molecule has 1 aliphatic rings. The van der Waals surface area contributed by atoms with E-state index in [1.54, 1.807) is 6.92 Å². The first-order chi connectivity index (χ1) is 17.4. The molecule has 0 saturated carbocycles. The number of hydrogen-bond donors (Lipinski definition) is 4. The molecule has 0 bridgehead atoms. The van der Waals surface area contributed by atoms with Gasteiger partial charge in [0.1, 0.15) is 5.92 Å². The Bertz CT molecular complexity index is 1130. The Hall–Kier alpha value is -4.24. The summed E-state index contributed by atoms with van der Waals surface area (Å²) in [4.78, 5) is 53.8. The number of carbonyl (C=O) groups excluding carboxylic acids is 1. The number of nitrogens with two attached hydrogens (primary N) is 1. The zero-order valence-corrected chi connectivity index (χ0v) is 20.7. The Balaban J connectivity index is 0.000000738. The minimum Gasteiger partial charge on any atom is -0.478 e. The summed E-state index contributed by atoms with van der Waals surface area (Å²) in [6, 6.07) is 5.51. The molecule has 1 heterocycles. The monoisotopic (exact) mass is 538 g/mol. The van der Waals surface area contributed by atoms with Gasteiger partial charge in [-0.25, -0.2) is 14.4 Å². The van der Waals surface area contributed by atoms with Crippen molar-refractivity contribution in [2.45, 2.75) is 19.8 Å². The third kappa shape index (κ3) is 9.38. The van der Waals surface area contributed by atoms with Crippen LogP contribution in [0.3, 0.4) is 0 Å². The predicted molar refractivity (Wildman–Crippen MR) is 133 cm³/mol. The van der Waals surface area contributed by atoms with Crippen molar-refractivity contribution in [1.29, 1.82) is 0 Å². The van der Waals surface area contributed by atoms with Crippen LogP contribution < -0.4 is 11.1 Å². The Morgan fingerprint density at radius 3 is 2.27 bits per heavy atom. The summed E-state index contributed by atoms with van der Waals surface area (Å²) in [5.41, 5.74) is 6.15. The van der Waals surface area contributed by atoms with Crippen LogP contribution in [-0.2, 0) is 19.1 Å². The second kappa shape index (κ2) is 15.0. The van der Waals surface area contributed by atoms with Crippen molar-refractivity contribution in [1.82, 2.24) is 5.32 Å². The van der Waals surface area contributed by atoms with E-state index in [0.29, 0.717) is 35.9 Å². The molecule has 1 aromatic carbocycles. The quantitative estimate of drug-likeness (QED) is 0.104. The van der Waals surface area contributed by atoms with Crippen molar-refractivity contribution in [3.05, 3.63) is 84.9 Å². The Morgan fingerprint density at radius 2 is 1.78 bits per heavy atom. The van der Waals surface area contributed by atoms with Crippen LogP contribution in [0.5, 0.6) is 0 Å². The van der Waals surface area contributed by atoms with E-state index in [1.165, 1.54) is 43.0 Å². The number of carboxylic acids is 2. The van der Waals surface area contributed by atoms with Crippen LogP contribution in [0.25, 0.3) is 0 Å². The summed E-state index contributed by atoms with van der Waals surface area (Å²) < 4.78 is 5.16. The first-order valence-corrected chi connectivity index (χ1v) is 11.8. The molecule has 0 aliphatic carbocycles. The van der Waals surface area contributed by atoms with Gasteiger partial charge in [-0.05, 0) is 19.4 Å². The average Bonchev–Trinajstić information content (AvgIpc) is 2.82. The number of esters is 1. The van der Waals surface area contributed by atoms with Gasteiger partial charge in [0.2, 0.25) is 0 Å². The number of non-ortho nitro benzene ring substituents is 1. The number of nitro groups is 2. The molecule has 0 aromatic heterocycles. The van der Waals surface area contributed by atoms with Gasteiger partial charge in [-0.1, -0.05) is 12.1 Å². The number of nitrogens with one attached hydrogen (secondary N) is 1. The number of ether oxygens (including phenoxy) is 1. The molecule has 2 rings (SSSR count). The second-order valence-electron chi connectivity index (χ2n) is 7.14. The molecule has 37 heavy (non-hydrogen) atoms. The second-order valence-corrected chi connectivity index (χ2v) is 8.25. The van der Waals surface area contributed by atoms with Gasteiger partial charge in [-0.15, -0.1) is 0 Å². The van der Waals surface area contributed by atoms with Crippen LogP contribution >= 0.6 is 11.8 Å². The maximum atomic E-state index is 12.8. The molecule has 1 aromatic rings. The molecule has 5 N–H and O–H groups in total. The fourth-order valence-electron chi connectivity index (χ4n) is 3.23. The van der Waals surface area contributed by atoms with Crippen LogP contribution in [0.15, 0.2) is 59.1 Å². The number of carboxylic acid groups (broad SMARTS) is 2. The van der Waals surface area contributed by atoms with Gasteiger partial charge >= 0.3 is 17.9 Å². The number of nitrogens with zero attached hydrogens (tertiary/aromatic N) is 2. The fourth-order valence-corrected chi connectivity index (χ4v) is 3.98. The lowest BCUT2D eigenvalue weighted by Crippen LogP contribution is -2.33. The van der Waals surface area contributed by atoms with E-state index in [4.69, 9.17) is 20.7 Å². The van der Waals surface area contributed by atoms with Gasteiger partial charge in [0.25, 0.3) is 11.4 Å². The molecule has 0 radical (unpaired) electrons. The number of nitro benzene ring substituents is 1. The SMILES string of the molecule is CCOC(=O)C1=C(CSCCN)NC(C)=C([N+](=O)[O-])C1c1cccc([N+](=O)[O-])c1.O=C(O)/C=C/C(=O)O. The highest BCUT2D eigenvalue weighted by Gasteiger charge is 2.42. The summed E-state index contributed by atoms with van der Waals surface area (Å²) in [6.45, 7) is 3.70. The summed E-state index contributed by atoms with van der Waals surface area (Å²) >= 11 is 1.46. The topological polar surface area (TPSA) is 225 Å². The normalized spacial score (nSPS) is 14.9. The maximum absolute atomic E-state index is 12.8. The summed E-state index contributed by atoms with van der Waals surface area (Å²) in [7, 11) is 0. The molecule has 0 saturated heterocycles. The van der Waals surface area contributed by atoms with Crippen LogP contribution in [0.1, 0.15) is 25.3 Å². The Kier molecular flexibility index (Phi) is 12.5. The zero-order valence-electron chi connectivity index (χ0n) is 19.9. The first kappa shape index (κ1) is 30.8. The fraction of sp³-hybridized carbons (Fsp3) is 0.318. The number of rotatable bonds is 11. The van der Waals surface area contributed by atoms with Crippen molar-refractivity contribution < 1.29 is 39.2 Å². The molecule has 14 nitrogen and oxygen atoms in total. The molecule has 0 amide bonds. The maximum Gasteiger partial charge on any atom is 0.337 e. The molecule has 1 atom stereocenters. The minimum absolute atomic E-state index is 0.0779. The van der Waals surface area contributed by atoms with Crippen molar-refractivity contribution in [3.63, 3.8) is 0 Å². The summed E-state index contributed by atoms with van der Waals surface area (Å²) in [5.74, 6) is -3.32. The van der Waals surface area contributed by atoms with Crippen LogP contribution in [0.4, 0.5) is 5.69 Å². The smallest absolute Gasteiger partial charge is 0.337 e. The predicted octanol–water partition coefficient (Wildman–Crippen LogP) is 2.01. The molecule has 15 heteroatoms. The molecule has 1 unspecified atom stereocenters. The number of carbonyl (C=O) groups is 3. The third-order valence-electron chi connectivity index (χ3n) is 4.59. The number of benzene rings is 1. The number of dihydropyridines is 1. The summed E-state index contributed by atoms with van der Waals surface area (Å²) in [6.07, 6.45) is 1.12. The van der Waals surface area contributed by atoms with Gasteiger partial charge in [-0.3, -0.25) is 20.2 Å². The Labute approximate surface area is 215 Å². The molecule has 1 aliphatic heterocycles. The van der Waals surface area contributed by atoms with Gasteiger partial charge in [0.15, 0.2) is 0 Å². The van der Waals surface area contributed by atoms with E-state index >= 15 is 0 Å². The van der Waals surface area contributed by atoms with Crippen LogP contribution in [-0.4, -0.2) is 62.6 Å². The van der Waals surface area contributed by atoms with E-state index in [0.717, 1.165) is 0 Å². The minimum atomic E-state index is -1.26. The lowest BCUT2D eigenvalue weighted by molar-refractivity contribution is -0.431. The van der Waals surface area contributed by atoms with Crippen molar-refractivity contribution in [3.8, 4) is 0 Å². The number of aliphatic carboxylic acids is 2. The van der Waals surface area contributed by atoms with Crippen LogP contribution in [0.2, 0.25) is 0 Å². The van der Waals surface area contributed by atoms with Crippen molar-refractivity contribution in [2.75, 3.05) is 24.7 Å². The third-order valence-corrected chi connectivity index (χ3v) is 5.61. The molecular weight excluding hydrogens is 512 g/mol. The van der Waals surface area contributed by atoms with E-state index in [-0.39, 0.29) is 34.8 Å². The van der Waals surface area contributed by atoms with Gasteiger partial charge in [0, 0.05) is 48.0 Å². The molecule has 0 spiro atoms. The van der Waals surface area contributed by atoms with Gasteiger partial charge in [0.05, 0.1) is 27.7 Å². The highest BCUT2D eigenvalue weighted by atomic mass is 32.2. The van der Waals surface area contributed by atoms with Gasteiger partial charge < -0.3 is 26.0 Å². The van der Waals surface area contributed by atoms with E-state index in [1.807, 2.05) is 0 Å². The van der Waals surface area contributed by atoms with Crippen LogP contribution in [0, 0.1) is 20.2 Å². The van der Waals surface area contributed by atoms with E-state index < -0.39 is 33.7 Å². The number of allylic oxidation sites excluding steroid dienone is 2. The van der Waals surface area contributed by atoms with E-state index in [2.05, 4.69) is 5.32 Å². The molecule has 200 valence electrons. The lowest BCUT2D eigenvalue weighted by Gasteiger charge is -2.27. The lowest BCUT2D eigenvalue weighted by atomic mass is 9.84. The largest absolute Gasteiger partial charge is 0.478 e. The summed E-state index contributed by atoms with van der Waals surface area (Å²) in [5, 5.41) is 41.6. The molecular formula is C22H26N4O10S. The van der Waals surface area contributed by atoms with Crippen molar-refractivity contribution in [2.24, 2.45) is 5.73 Å². The van der Waals surface area contributed by atoms with Crippen molar-refractivity contribution >= 4 is 35.4 Å². The first-order valence-electron chi connectivity index (χ1n) is 10.6.